The zero-order valence-electron chi connectivity index (χ0n) is 16.3. The maximum Gasteiger partial charge on any atom is 0.251 e. The molecule has 0 atom stereocenters. The van der Waals surface area contributed by atoms with Gasteiger partial charge in [0.15, 0.2) is 5.96 Å². The number of nitrogens with zero attached hydrogens (tertiary/aromatic N) is 1. The van der Waals surface area contributed by atoms with E-state index in [-0.39, 0.29) is 29.9 Å². The van der Waals surface area contributed by atoms with Crippen molar-refractivity contribution in [2.45, 2.75) is 33.4 Å². The highest BCUT2D eigenvalue weighted by atomic mass is 127. The van der Waals surface area contributed by atoms with Crippen LogP contribution in [0.1, 0.15) is 41.8 Å². The lowest BCUT2D eigenvalue weighted by Gasteiger charge is -2.12. The molecule has 7 heteroatoms. The minimum Gasteiger partial charge on any atom is -0.357 e. The Hall–Kier alpha value is -1.80. The lowest BCUT2D eigenvalue weighted by molar-refractivity contribution is 0.0953. The van der Waals surface area contributed by atoms with E-state index >= 15 is 0 Å². The van der Waals surface area contributed by atoms with Crippen LogP contribution in [0.2, 0.25) is 5.02 Å². The lowest BCUT2D eigenvalue weighted by Crippen LogP contribution is -2.36. The minimum atomic E-state index is -0.0415. The molecule has 1 amide bonds. The zero-order valence-corrected chi connectivity index (χ0v) is 19.4. The van der Waals surface area contributed by atoms with Crippen LogP contribution in [0, 0.1) is 0 Å². The first kappa shape index (κ1) is 24.2. The Morgan fingerprint density at radius 3 is 2.46 bits per heavy atom. The van der Waals surface area contributed by atoms with E-state index in [4.69, 9.17) is 11.6 Å². The number of carbonyl (C=O) groups is 1. The van der Waals surface area contributed by atoms with Crippen molar-refractivity contribution in [2.24, 2.45) is 4.99 Å². The summed E-state index contributed by atoms with van der Waals surface area (Å²) in [7, 11) is 0. The van der Waals surface area contributed by atoms with Gasteiger partial charge < -0.3 is 16.0 Å². The van der Waals surface area contributed by atoms with E-state index in [0.717, 1.165) is 30.1 Å². The van der Waals surface area contributed by atoms with Crippen LogP contribution >= 0.6 is 35.6 Å². The monoisotopic (exact) mass is 514 g/mol. The lowest BCUT2D eigenvalue weighted by atomic mass is 10.1. The van der Waals surface area contributed by atoms with Crippen molar-refractivity contribution in [2.75, 3.05) is 13.1 Å². The summed E-state index contributed by atoms with van der Waals surface area (Å²) < 4.78 is 0. The topological polar surface area (TPSA) is 65.5 Å². The van der Waals surface area contributed by atoms with E-state index in [1.807, 2.05) is 62.4 Å². The molecule has 0 aliphatic heterocycles. The van der Waals surface area contributed by atoms with Crippen LogP contribution in [0.25, 0.3) is 0 Å². The van der Waals surface area contributed by atoms with Crippen LogP contribution < -0.4 is 16.0 Å². The van der Waals surface area contributed by atoms with Crippen molar-refractivity contribution in [1.82, 2.24) is 16.0 Å². The van der Waals surface area contributed by atoms with Gasteiger partial charge in [0.25, 0.3) is 5.91 Å². The van der Waals surface area contributed by atoms with E-state index in [1.54, 1.807) is 0 Å². The number of nitrogens with one attached hydrogen (secondary N) is 3. The van der Waals surface area contributed by atoms with Crippen molar-refractivity contribution in [3.05, 3.63) is 70.2 Å². The van der Waals surface area contributed by atoms with E-state index in [2.05, 4.69) is 20.9 Å². The van der Waals surface area contributed by atoms with Gasteiger partial charge in [-0.15, -0.1) is 24.0 Å². The molecule has 0 unspecified atom stereocenters. The van der Waals surface area contributed by atoms with Crippen molar-refractivity contribution in [3.8, 4) is 0 Å². The first-order chi connectivity index (χ1) is 13.1. The second-order valence-electron chi connectivity index (χ2n) is 6.13. The summed E-state index contributed by atoms with van der Waals surface area (Å²) in [5.74, 6) is 0.679. The number of benzene rings is 2. The van der Waals surface area contributed by atoms with Gasteiger partial charge in [-0.25, -0.2) is 4.99 Å². The van der Waals surface area contributed by atoms with E-state index in [1.165, 1.54) is 0 Å². The number of hydrogen-bond acceptors (Lipinski definition) is 2. The van der Waals surface area contributed by atoms with Crippen LogP contribution in [-0.4, -0.2) is 25.0 Å². The molecule has 0 aliphatic carbocycles. The first-order valence-corrected chi connectivity index (χ1v) is 9.64. The SMILES string of the molecule is CCCNC(=O)c1cccc(CNC(=NCc2cccc(Cl)c2)NCC)c1.I. The van der Waals surface area contributed by atoms with Crippen molar-refractivity contribution >= 4 is 47.4 Å². The van der Waals surface area contributed by atoms with Crippen LogP contribution in [0.5, 0.6) is 0 Å². The van der Waals surface area contributed by atoms with Crippen LogP contribution in [-0.2, 0) is 13.1 Å². The Labute approximate surface area is 189 Å². The van der Waals surface area contributed by atoms with Gasteiger partial charge >= 0.3 is 0 Å². The predicted molar refractivity (Wildman–Crippen MR) is 128 cm³/mol. The standard InChI is InChI=1S/C21H27ClN4O.HI/c1-3-11-24-20(27)18-9-5-7-16(12-18)14-25-21(23-4-2)26-15-17-8-6-10-19(22)13-17;/h5-10,12-13H,3-4,11,14-15H2,1-2H3,(H,24,27)(H2,23,25,26);1H. The normalized spacial score (nSPS) is 10.8. The molecule has 0 heterocycles. The van der Waals surface area contributed by atoms with Crippen molar-refractivity contribution in [3.63, 3.8) is 0 Å². The van der Waals surface area contributed by atoms with Gasteiger partial charge in [-0.2, -0.15) is 0 Å². The highest BCUT2D eigenvalue weighted by molar-refractivity contribution is 14.0. The predicted octanol–water partition coefficient (Wildman–Crippen LogP) is 4.35. The molecule has 0 saturated carbocycles. The van der Waals surface area contributed by atoms with Gasteiger partial charge in [0.1, 0.15) is 0 Å². The molecule has 2 aromatic carbocycles. The molecule has 2 aromatic rings. The molecule has 0 radical (unpaired) electrons. The number of aliphatic imine (C=N–C) groups is 1. The van der Waals surface area contributed by atoms with Crippen LogP contribution in [0.3, 0.4) is 0 Å². The average molecular weight is 515 g/mol. The molecule has 0 spiro atoms. The van der Waals surface area contributed by atoms with Crippen molar-refractivity contribution in [1.29, 1.82) is 0 Å². The summed E-state index contributed by atoms with van der Waals surface area (Å²) >= 11 is 6.02. The molecule has 0 saturated heterocycles. The fraction of sp³-hybridized carbons (Fsp3) is 0.333. The van der Waals surface area contributed by atoms with Crippen LogP contribution in [0.4, 0.5) is 0 Å². The zero-order chi connectivity index (χ0) is 19.5. The molecule has 0 aromatic heterocycles. The van der Waals surface area contributed by atoms with Gasteiger partial charge in [-0.3, -0.25) is 4.79 Å². The Morgan fingerprint density at radius 2 is 1.75 bits per heavy atom. The van der Waals surface area contributed by atoms with E-state index < -0.39 is 0 Å². The van der Waals surface area contributed by atoms with Gasteiger partial charge in [0, 0.05) is 30.2 Å². The third kappa shape index (κ3) is 8.48. The fourth-order valence-electron chi connectivity index (χ4n) is 2.50. The number of carbonyl (C=O) groups excluding carboxylic acids is 1. The Kier molecular flexibility index (Phi) is 11.6. The highest BCUT2D eigenvalue weighted by Crippen LogP contribution is 2.11. The average Bonchev–Trinajstić information content (AvgIpc) is 2.68. The molecule has 152 valence electrons. The molecule has 0 aliphatic rings. The smallest absolute Gasteiger partial charge is 0.251 e. The maximum absolute atomic E-state index is 12.1. The number of hydrogen-bond donors (Lipinski definition) is 3. The fourth-order valence-corrected chi connectivity index (χ4v) is 2.71. The van der Waals surface area contributed by atoms with Gasteiger partial charge in [-0.1, -0.05) is 42.8 Å². The highest BCUT2D eigenvalue weighted by Gasteiger charge is 2.06. The summed E-state index contributed by atoms with van der Waals surface area (Å²) in [6, 6.07) is 15.3. The number of guanidine groups is 1. The first-order valence-electron chi connectivity index (χ1n) is 9.26. The maximum atomic E-state index is 12.1. The van der Waals surface area contributed by atoms with E-state index in [9.17, 15) is 4.79 Å². The molecule has 5 nitrogen and oxygen atoms in total. The second-order valence-corrected chi connectivity index (χ2v) is 6.57. The molecular formula is C21H28ClIN4O. The van der Waals surface area contributed by atoms with Gasteiger partial charge in [0.05, 0.1) is 6.54 Å². The molecule has 3 N–H and O–H groups in total. The van der Waals surface area contributed by atoms with Crippen LogP contribution in [0.15, 0.2) is 53.5 Å². The number of amides is 1. The van der Waals surface area contributed by atoms with Gasteiger partial charge in [0.2, 0.25) is 0 Å². The summed E-state index contributed by atoms with van der Waals surface area (Å²) in [4.78, 5) is 16.7. The summed E-state index contributed by atoms with van der Waals surface area (Å²) in [5, 5.41) is 10.1. The Morgan fingerprint density at radius 1 is 1.00 bits per heavy atom. The number of halogens is 2. The summed E-state index contributed by atoms with van der Waals surface area (Å²) in [6.45, 7) is 6.62. The van der Waals surface area contributed by atoms with Crippen molar-refractivity contribution < 1.29 is 4.79 Å². The summed E-state index contributed by atoms with van der Waals surface area (Å²) in [5.41, 5.74) is 2.74. The quantitative estimate of drug-likeness (QED) is 0.279. The Bertz CT molecular complexity index is 783. The molecule has 0 bridgehead atoms. The number of rotatable bonds is 8. The molecule has 0 fully saturated rings. The Balaban J connectivity index is 0.00000392. The largest absolute Gasteiger partial charge is 0.357 e. The molecule has 28 heavy (non-hydrogen) atoms. The summed E-state index contributed by atoms with van der Waals surface area (Å²) in [6.07, 6.45) is 0.919. The second kappa shape index (κ2) is 13.4. The van der Waals surface area contributed by atoms with Gasteiger partial charge in [-0.05, 0) is 48.7 Å². The van der Waals surface area contributed by atoms with E-state index in [0.29, 0.717) is 30.2 Å². The third-order valence-electron chi connectivity index (χ3n) is 3.84. The minimum absolute atomic E-state index is 0. The molecular weight excluding hydrogens is 487 g/mol. The molecule has 2 rings (SSSR count). The third-order valence-corrected chi connectivity index (χ3v) is 4.07.